The van der Waals surface area contributed by atoms with Crippen molar-refractivity contribution >= 4 is 34.6 Å². The number of ether oxygens (including phenoxy) is 1. The van der Waals surface area contributed by atoms with Crippen molar-refractivity contribution in [3.05, 3.63) is 68.2 Å². The zero-order chi connectivity index (χ0) is 20.0. The fourth-order valence-corrected chi connectivity index (χ4v) is 2.54. The molecule has 2 rings (SSSR count). The summed E-state index contributed by atoms with van der Waals surface area (Å²) in [4.78, 5) is 16.1. The second-order valence-electron chi connectivity index (χ2n) is 6.81. The Balaban J connectivity index is 2.09. The Labute approximate surface area is 167 Å². The Morgan fingerprint density at radius 2 is 1.89 bits per heavy atom. The van der Waals surface area contributed by atoms with Crippen molar-refractivity contribution in [2.24, 2.45) is 10.6 Å². The molecule has 0 amide bonds. The number of benzene rings is 2. The zero-order valence-electron chi connectivity index (χ0n) is 15.2. The first-order chi connectivity index (χ1) is 12.7. The first-order valence-corrected chi connectivity index (χ1v) is 8.93. The van der Waals surface area contributed by atoms with Crippen LogP contribution in [0.5, 0.6) is 5.75 Å². The SMILES string of the molecule is CC(C)(C)C(COc1ccccc1[N+](=O)[O-])=NOCc1ccc(Cl)cc1Cl. The molecule has 2 aromatic rings. The first kappa shape index (κ1) is 21.0. The minimum absolute atomic E-state index is 0.0582. The smallest absolute Gasteiger partial charge is 0.310 e. The van der Waals surface area contributed by atoms with Crippen LogP contribution in [0, 0.1) is 15.5 Å². The third kappa shape index (κ3) is 6.12. The number of rotatable bonds is 7. The number of halogens is 2. The van der Waals surface area contributed by atoms with Crippen LogP contribution in [0.25, 0.3) is 0 Å². The molecule has 0 atom stereocenters. The van der Waals surface area contributed by atoms with E-state index in [1.165, 1.54) is 6.07 Å². The summed E-state index contributed by atoms with van der Waals surface area (Å²) < 4.78 is 5.63. The lowest BCUT2D eigenvalue weighted by Gasteiger charge is -2.21. The van der Waals surface area contributed by atoms with Gasteiger partial charge in [-0.05, 0) is 18.2 Å². The van der Waals surface area contributed by atoms with Gasteiger partial charge in [0.15, 0.2) is 5.75 Å². The molecule has 0 bridgehead atoms. The summed E-state index contributed by atoms with van der Waals surface area (Å²) in [5.41, 5.74) is 0.899. The van der Waals surface area contributed by atoms with Crippen molar-refractivity contribution in [3.8, 4) is 5.75 Å². The summed E-state index contributed by atoms with van der Waals surface area (Å²) in [6.45, 7) is 6.08. The maximum atomic E-state index is 11.1. The summed E-state index contributed by atoms with van der Waals surface area (Å²) in [5.74, 6) is 0.181. The van der Waals surface area contributed by atoms with Crippen LogP contribution in [-0.2, 0) is 11.4 Å². The lowest BCUT2D eigenvalue weighted by atomic mass is 9.90. The molecule has 6 nitrogen and oxygen atoms in total. The molecular formula is C19H20Cl2N2O4. The van der Waals surface area contributed by atoms with Crippen LogP contribution in [0.1, 0.15) is 26.3 Å². The van der Waals surface area contributed by atoms with Crippen LogP contribution >= 0.6 is 23.2 Å². The van der Waals surface area contributed by atoms with E-state index in [9.17, 15) is 10.1 Å². The second-order valence-corrected chi connectivity index (χ2v) is 7.65. The van der Waals surface area contributed by atoms with Crippen molar-refractivity contribution in [3.63, 3.8) is 0 Å². The van der Waals surface area contributed by atoms with Gasteiger partial charge in [0.25, 0.3) is 0 Å². The molecule has 2 aromatic carbocycles. The van der Waals surface area contributed by atoms with Gasteiger partial charge >= 0.3 is 5.69 Å². The molecule has 0 saturated carbocycles. The van der Waals surface area contributed by atoms with E-state index in [0.717, 1.165) is 5.56 Å². The predicted octanol–water partition coefficient (Wildman–Crippen LogP) is 5.90. The topological polar surface area (TPSA) is 74.0 Å². The fraction of sp³-hybridized carbons (Fsp3) is 0.316. The van der Waals surface area contributed by atoms with Crippen molar-refractivity contribution < 1.29 is 14.5 Å². The number of nitro benzene ring substituents is 1. The molecule has 27 heavy (non-hydrogen) atoms. The highest BCUT2D eigenvalue weighted by atomic mass is 35.5. The van der Waals surface area contributed by atoms with E-state index in [4.69, 9.17) is 32.8 Å². The largest absolute Gasteiger partial charge is 0.480 e. The van der Waals surface area contributed by atoms with Crippen LogP contribution in [0.2, 0.25) is 10.0 Å². The van der Waals surface area contributed by atoms with Gasteiger partial charge in [0.2, 0.25) is 0 Å². The standard InChI is InChI=1S/C19H20Cl2N2O4/c1-19(2,3)18(12-26-17-7-5-4-6-16(17)23(24)25)22-27-11-13-8-9-14(20)10-15(13)21/h4-10H,11-12H2,1-3H3. The van der Waals surface area contributed by atoms with Crippen LogP contribution in [-0.4, -0.2) is 17.2 Å². The molecule has 0 aliphatic rings. The minimum Gasteiger partial charge on any atom is -0.480 e. The van der Waals surface area contributed by atoms with Gasteiger partial charge in [-0.3, -0.25) is 10.1 Å². The maximum absolute atomic E-state index is 11.1. The molecule has 0 N–H and O–H groups in total. The molecule has 0 saturated heterocycles. The second kappa shape index (κ2) is 9.06. The molecule has 0 unspecified atom stereocenters. The van der Waals surface area contributed by atoms with E-state index in [1.807, 2.05) is 20.8 Å². The molecule has 144 valence electrons. The van der Waals surface area contributed by atoms with Gasteiger partial charge < -0.3 is 9.57 Å². The lowest BCUT2D eigenvalue weighted by molar-refractivity contribution is -0.385. The predicted molar refractivity (Wildman–Crippen MR) is 107 cm³/mol. The third-order valence-electron chi connectivity index (χ3n) is 3.70. The Bertz CT molecular complexity index is 848. The number of oxime groups is 1. The van der Waals surface area contributed by atoms with Crippen molar-refractivity contribution in [2.45, 2.75) is 27.4 Å². The molecular weight excluding hydrogens is 391 g/mol. The Hall–Kier alpha value is -2.31. The van der Waals surface area contributed by atoms with E-state index in [0.29, 0.717) is 15.8 Å². The Morgan fingerprint density at radius 3 is 2.52 bits per heavy atom. The minimum atomic E-state index is -0.484. The van der Waals surface area contributed by atoms with E-state index in [1.54, 1.807) is 36.4 Å². The van der Waals surface area contributed by atoms with Gasteiger partial charge in [0.1, 0.15) is 13.2 Å². The summed E-state index contributed by atoms with van der Waals surface area (Å²) >= 11 is 12.0. The van der Waals surface area contributed by atoms with Crippen molar-refractivity contribution in [1.29, 1.82) is 0 Å². The Kier molecular flexibility index (Phi) is 7.05. The molecule has 0 fully saturated rings. The number of hydrogen-bond acceptors (Lipinski definition) is 5. The number of nitrogens with zero attached hydrogens (tertiary/aromatic N) is 2. The fourth-order valence-electron chi connectivity index (χ4n) is 2.07. The van der Waals surface area contributed by atoms with Crippen LogP contribution in [0.4, 0.5) is 5.69 Å². The monoisotopic (exact) mass is 410 g/mol. The molecule has 0 spiro atoms. The molecule has 8 heteroatoms. The van der Waals surface area contributed by atoms with Crippen molar-refractivity contribution in [2.75, 3.05) is 6.61 Å². The average molecular weight is 411 g/mol. The highest BCUT2D eigenvalue weighted by Gasteiger charge is 2.22. The number of nitro groups is 1. The van der Waals surface area contributed by atoms with Crippen LogP contribution in [0.15, 0.2) is 47.6 Å². The quantitative estimate of drug-likeness (QED) is 0.323. The normalized spacial score (nSPS) is 12.0. The summed E-state index contributed by atoms with van der Waals surface area (Å²) in [7, 11) is 0. The number of hydrogen-bond donors (Lipinski definition) is 0. The number of para-hydroxylation sites is 2. The van der Waals surface area contributed by atoms with Gasteiger partial charge in [-0.15, -0.1) is 0 Å². The summed E-state index contributed by atoms with van der Waals surface area (Å²) in [5, 5.41) is 16.3. The average Bonchev–Trinajstić information content (AvgIpc) is 2.58. The van der Waals surface area contributed by atoms with Gasteiger partial charge in [-0.1, -0.05) is 67.3 Å². The van der Waals surface area contributed by atoms with E-state index < -0.39 is 4.92 Å². The molecule has 0 aromatic heterocycles. The summed E-state index contributed by atoms with van der Waals surface area (Å²) in [6, 6.07) is 11.3. The van der Waals surface area contributed by atoms with E-state index in [-0.39, 0.29) is 30.1 Å². The van der Waals surface area contributed by atoms with Crippen LogP contribution in [0.3, 0.4) is 0 Å². The van der Waals surface area contributed by atoms with E-state index in [2.05, 4.69) is 5.16 Å². The maximum Gasteiger partial charge on any atom is 0.310 e. The first-order valence-electron chi connectivity index (χ1n) is 8.18. The molecule has 0 aliphatic heterocycles. The molecule has 0 radical (unpaired) electrons. The Morgan fingerprint density at radius 1 is 1.19 bits per heavy atom. The zero-order valence-corrected chi connectivity index (χ0v) is 16.8. The van der Waals surface area contributed by atoms with E-state index >= 15 is 0 Å². The van der Waals surface area contributed by atoms with Crippen molar-refractivity contribution in [1.82, 2.24) is 0 Å². The molecule has 0 aliphatic carbocycles. The van der Waals surface area contributed by atoms with Gasteiger partial charge in [0, 0.05) is 27.1 Å². The van der Waals surface area contributed by atoms with Crippen LogP contribution < -0.4 is 4.74 Å². The van der Waals surface area contributed by atoms with Gasteiger partial charge in [-0.25, -0.2) is 0 Å². The lowest BCUT2D eigenvalue weighted by Crippen LogP contribution is -2.27. The highest BCUT2D eigenvalue weighted by Crippen LogP contribution is 2.27. The summed E-state index contributed by atoms with van der Waals surface area (Å²) in [6.07, 6.45) is 0. The highest BCUT2D eigenvalue weighted by molar-refractivity contribution is 6.35. The van der Waals surface area contributed by atoms with Gasteiger partial charge in [-0.2, -0.15) is 0 Å². The third-order valence-corrected chi connectivity index (χ3v) is 4.29. The van der Waals surface area contributed by atoms with Gasteiger partial charge in [0.05, 0.1) is 10.6 Å². The molecule has 0 heterocycles.